The van der Waals surface area contributed by atoms with Crippen molar-refractivity contribution in [1.29, 1.82) is 5.26 Å². The normalized spacial score (nSPS) is 12.1. The van der Waals surface area contributed by atoms with E-state index in [9.17, 15) is 0 Å². The zero-order chi connectivity index (χ0) is 13.7. The monoisotopic (exact) mass is 246 g/mol. The highest BCUT2D eigenvalue weighted by molar-refractivity contribution is 5.61. The second-order valence-corrected chi connectivity index (χ2v) is 5.02. The first-order valence-electron chi connectivity index (χ1n) is 6.28. The smallest absolute Gasteiger partial charge is 0.144 e. The van der Waals surface area contributed by atoms with Crippen molar-refractivity contribution in [1.82, 2.24) is 0 Å². The summed E-state index contributed by atoms with van der Waals surface area (Å²) in [5, 5.41) is 12.4. The summed E-state index contributed by atoms with van der Waals surface area (Å²) in [5.74, 6) is 1.22. The van der Waals surface area contributed by atoms with Crippen molar-refractivity contribution in [2.45, 2.75) is 27.7 Å². The molecule has 0 radical (unpaired) electrons. The lowest BCUT2D eigenvalue weighted by Gasteiger charge is -2.18. The Labute approximate surface area is 110 Å². The quantitative estimate of drug-likeness (QED) is 0.864. The van der Waals surface area contributed by atoms with Gasteiger partial charge in [-0.15, -0.1) is 0 Å². The number of nitrogens with zero attached hydrogens (tertiary/aromatic N) is 1. The summed E-state index contributed by atoms with van der Waals surface area (Å²) < 4.78 is 5.41. The van der Waals surface area contributed by atoms with Crippen LogP contribution in [0, 0.1) is 37.0 Å². The topological polar surface area (TPSA) is 45.0 Å². The van der Waals surface area contributed by atoms with Crippen LogP contribution in [0.1, 0.15) is 25.0 Å². The summed E-state index contributed by atoms with van der Waals surface area (Å²) in [6, 6.07) is 6.48. The van der Waals surface area contributed by atoms with E-state index in [1.54, 1.807) is 7.11 Å². The fourth-order valence-electron chi connectivity index (χ4n) is 2.01. The number of hydrogen-bond acceptors (Lipinski definition) is 3. The Bertz CT molecular complexity index is 447. The molecule has 3 nitrogen and oxygen atoms in total. The molecule has 3 heteroatoms. The molecule has 1 rings (SSSR count). The summed E-state index contributed by atoms with van der Waals surface area (Å²) in [6.45, 7) is 8.86. The number of rotatable bonds is 5. The molecular weight excluding hydrogens is 224 g/mol. The highest BCUT2D eigenvalue weighted by Gasteiger charge is 2.14. The van der Waals surface area contributed by atoms with E-state index in [1.165, 1.54) is 5.56 Å². The lowest BCUT2D eigenvalue weighted by Crippen LogP contribution is -2.18. The molecule has 0 aliphatic rings. The number of methoxy groups -OCH3 is 1. The molecule has 1 aromatic carbocycles. The van der Waals surface area contributed by atoms with Crippen molar-refractivity contribution in [3.05, 3.63) is 23.3 Å². The van der Waals surface area contributed by atoms with Crippen molar-refractivity contribution in [2.24, 2.45) is 11.8 Å². The molecule has 0 spiro atoms. The number of aryl methyl sites for hydroxylation is 2. The number of nitriles is 1. The first-order valence-corrected chi connectivity index (χ1v) is 6.28. The molecule has 18 heavy (non-hydrogen) atoms. The van der Waals surface area contributed by atoms with Crippen LogP contribution in [0.3, 0.4) is 0 Å². The highest BCUT2D eigenvalue weighted by Crippen LogP contribution is 2.30. The molecule has 1 aromatic rings. The second kappa shape index (κ2) is 6.30. The average Bonchev–Trinajstić information content (AvgIpc) is 2.28. The minimum Gasteiger partial charge on any atom is -0.494 e. The van der Waals surface area contributed by atoms with Gasteiger partial charge in [0, 0.05) is 6.54 Å². The third-order valence-electron chi connectivity index (χ3n) is 3.11. The van der Waals surface area contributed by atoms with Crippen LogP contribution in [-0.4, -0.2) is 13.7 Å². The predicted octanol–water partition coefficient (Wildman–Crippen LogP) is 3.52. The molecule has 0 bridgehead atoms. The van der Waals surface area contributed by atoms with E-state index >= 15 is 0 Å². The fourth-order valence-corrected chi connectivity index (χ4v) is 2.01. The first-order chi connectivity index (χ1) is 8.49. The van der Waals surface area contributed by atoms with E-state index in [2.05, 4.69) is 44.3 Å². The molecular formula is C15H22N2O. The number of nitrogens with one attached hydrogen (secondary N) is 1. The van der Waals surface area contributed by atoms with Crippen LogP contribution in [0.15, 0.2) is 12.1 Å². The van der Waals surface area contributed by atoms with Crippen LogP contribution in [0.4, 0.5) is 5.69 Å². The van der Waals surface area contributed by atoms with Crippen molar-refractivity contribution in [2.75, 3.05) is 19.0 Å². The Morgan fingerprint density at radius 2 is 2.00 bits per heavy atom. The summed E-state index contributed by atoms with van der Waals surface area (Å²) in [7, 11) is 1.67. The van der Waals surface area contributed by atoms with Crippen molar-refractivity contribution < 1.29 is 4.74 Å². The van der Waals surface area contributed by atoms with Gasteiger partial charge in [0.2, 0.25) is 0 Å². The molecule has 0 fully saturated rings. The predicted molar refractivity (Wildman–Crippen MR) is 74.9 cm³/mol. The van der Waals surface area contributed by atoms with Crippen molar-refractivity contribution >= 4 is 5.69 Å². The van der Waals surface area contributed by atoms with Gasteiger partial charge in [-0.05, 0) is 37.0 Å². The van der Waals surface area contributed by atoms with E-state index in [4.69, 9.17) is 10.00 Å². The van der Waals surface area contributed by atoms with Gasteiger partial charge in [0.05, 0.1) is 24.8 Å². The Morgan fingerprint density at radius 3 is 2.50 bits per heavy atom. The first kappa shape index (κ1) is 14.4. The minimum atomic E-state index is 0.00974. The van der Waals surface area contributed by atoms with E-state index in [-0.39, 0.29) is 5.92 Å². The van der Waals surface area contributed by atoms with Gasteiger partial charge in [0.25, 0.3) is 0 Å². The molecule has 0 saturated carbocycles. The van der Waals surface area contributed by atoms with E-state index in [0.717, 1.165) is 17.0 Å². The number of anilines is 1. The number of hydrogen-bond donors (Lipinski definition) is 1. The summed E-state index contributed by atoms with van der Waals surface area (Å²) in [4.78, 5) is 0. The Hall–Kier alpha value is -1.69. The van der Waals surface area contributed by atoms with Gasteiger partial charge in [0.1, 0.15) is 5.75 Å². The average molecular weight is 246 g/mol. The van der Waals surface area contributed by atoms with Gasteiger partial charge < -0.3 is 10.1 Å². The maximum atomic E-state index is 9.09. The molecule has 1 N–H and O–H groups in total. The molecule has 1 atom stereocenters. The fraction of sp³-hybridized carbons (Fsp3) is 0.533. The second-order valence-electron chi connectivity index (χ2n) is 5.02. The largest absolute Gasteiger partial charge is 0.494 e. The molecule has 0 aliphatic heterocycles. The summed E-state index contributed by atoms with van der Waals surface area (Å²) in [6.07, 6.45) is 0. The van der Waals surface area contributed by atoms with E-state index < -0.39 is 0 Å². The highest BCUT2D eigenvalue weighted by atomic mass is 16.5. The Morgan fingerprint density at radius 1 is 1.33 bits per heavy atom. The van der Waals surface area contributed by atoms with Crippen molar-refractivity contribution in [3.8, 4) is 11.8 Å². The molecule has 1 unspecified atom stereocenters. The molecule has 98 valence electrons. The number of benzene rings is 1. The third-order valence-corrected chi connectivity index (χ3v) is 3.11. The lowest BCUT2D eigenvalue weighted by atomic mass is 9.97. The van der Waals surface area contributed by atoms with Gasteiger partial charge in [0.15, 0.2) is 0 Å². The van der Waals surface area contributed by atoms with Gasteiger partial charge in [-0.25, -0.2) is 0 Å². The van der Waals surface area contributed by atoms with Crippen LogP contribution in [0.5, 0.6) is 5.75 Å². The van der Waals surface area contributed by atoms with Crippen LogP contribution in [0.25, 0.3) is 0 Å². The summed E-state index contributed by atoms with van der Waals surface area (Å²) >= 11 is 0. The van der Waals surface area contributed by atoms with Gasteiger partial charge in [-0.2, -0.15) is 5.26 Å². The SMILES string of the molecule is COc1c(C)cc(C)cc1NCC(C#N)C(C)C. The Balaban J connectivity index is 2.88. The molecule has 0 aromatic heterocycles. The van der Waals surface area contributed by atoms with E-state index in [0.29, 0.717) is 12.5 Å². The van der Waals surface area contributed by atoms with Crippen LogP contribution >= 0.6 is 0 Å². The molecule has 0 heterocycles. The van der Waals surface area contributed by atoms with Gasteiger partial charge in [-0.3, -0.25) is 0 Å². The van der Waals surface area contributed by atoms with Crippen LogP contribution in [0.2, 0.25) is 0 Å². The van der Waals surface area contributed by atoms with Crippen LogP contribution < -0.4 is 10.1 Å². The standard InChI is InChI=1S/C15H22N2O/c1-10(2)13(8-16)9-17-14-7-11(3)6-12(4)15(14)18-5/h6-7,10,13,17H,9H2,1-5H3. The molecule has 0 aliphatic carbocycles. The Kier molecular flexibility index (Phi) is 5.03. The van der Waals surface area contributed by atoms with Crippen LogP contribution in [-0.2, 0) is 0 Å². The molecule has 0 saturated heterocycles. The minimum absolute atomic E-state index is 0.00974. The van der Waals surface area contributed by atoms with Gasteiger partial charge in [-0.1, -0.05) is 19.9 Å². The number of ether oxygens (including phenoxy) is 1. The van der Waals surface area contributed by atoms with Gasteiger partial charge >= 0.3 is 0 Å². The third kappa shape index (κ3) is 3.40. The summed E-state index contributed by atoms with van der Waals surface area (Å²) in [5.41, 5.74) is 3.27. The van der Waals surface area contributed by atoms with Crippen molar-refractivity contribution in [3.63, 3.8) is 0 Å². The zero-order valence-electron chi connectivity index (χ0n) is 11.9. The maximum absolute atomic E-state index is 9.09. The maximum Gasteiger partial charge on any atom is 0.144 e. The lowest BCUT2D eigenvalue weighted by molar-refractivity contribution is 0.412. The molecule has 0 amide bonds. The zero-order valence-corrected chi connectivity index (χ0v) is 11.9. The van der Waals surface area contributed by atoms with E-state index in [1.807, 2.05) is 6.92 Å².